The van der Waals surface area contributed by atoms with Crippen molar-refractivity contribution in [2.45, 2.75) is 20.5 Å². The number of nitrogens with zero attached hydrogens (tertiary/aromatic N) is 1. The second-order valence-electron chi connectivity index (χ2n) is 4.01. The van der Waals surface area contributed by atoms with Crippen LogP contribution in [0, 0.1) is 13.8 Å². The Morgan fingerprint density at radius 3 is 2.76 bits per heavy atom. The van der Waals surface area contributed by atoms with Crippen molar-refractivity contribution in [2.24, 2.45) is 0 Å². The van der Waals surface area contributed by atoms with Gasteiger partial charge in [0.25, 0.3) is 0 Å². The third kappa shape index (κ3) is 3.21. The van der Waals surface area contributed by atoms with Crippen LogP contribution >= 0.6 is 11.6 Å². The summed E-state index contributed by atoms with van der Waals surface area (Å²) in [6, 6.07) is 11.7. The minimum atomic E-state index is 0.435. The number of hydrogen-bond donors (Lipinski definition) is 0. The zero-order valence-electron chi connectivity index (χ0n) is 9.90. The number of benzene rings is 1. The van der Waals surface area contributed by atoms with Crippen molar-refractivity contribution in [3.05, 3.63) is 58.4 Å². The fourth-order valence-electron chi connectivity index (χ4n) is 1.55. The number of hydrogen-bond acceptors (Lipinski definition) is 2. The third-order valence-electron chi connectivity index (χ3n) is 2.49. The van der Waals surface area contributed by atoms with Crippen LogP contribution in [0.1, 0.15) is 16.8 Å². The lowest BCUT2D eigenvalue weighted by molar-refractivity contribution is 0.299. The van der Waals surface area contributed by atoms with Crippen molar-refractivity contribution in [3.63, 3.8) is 0 Å². The fourth-order valence-corrected chi connectivity index (χ4v) is 1.73. The summed E-state index contributed by atoms with van der Waals surface area (Å²) in [6.07, 6.45) is 0. The summed E-state index contributed by atoms with van der Waals surface area (Å²) in [6.45, 7) is 4.51. The Labute approximate surface area is 106 Å². The predicted octanol–water partition coefficient (Wildman–Crippen LogP) is 3.93. The zero-order valence-corrected chi connectivity index (χ0v) is 10.7. The first kappa shape index (κ1) is 11.9. The number of aromatic nitrogens is 1. The molecule has 2 aromatic rings. The average Bonchev–Trinajstić information content (AvgIpc) is 2.30. The quantitative estimate of drug-likeness (QED) is 0.767. The number of rotatable bonds is 3. The standard InChI is InChI=1S/C14H14ClNO/c1-10-6-7-11(2)13(8-10)17-9-12-4-3-5-14(15)16-12/h3-8H,9H2,1-2H3. The lowest BCUT2D eigenvalue weighted by Gasteiger charge is -2.09. The highest BCUT2D eigenvalue weighted by atomic mass is 35.5. The van der Waals surface area contributed by atoms with E-state index in [1.165, 1.54) is 5.56 Å². The Balaban J connectivity index is 2.09. The van der Waals surface area contributed by atoms with Crippen LogP contribution in [0.5, 0.6) is 5.75 Å². The Hall–Kier alpha value is -1.54. The number of pyridine rings is 1. The maximum absolute atomic E-state index is 5.82. The van der Waals surface area contributed by atoms with Gasteiger partial charge >= 0.3 is 0 Å². The van der Waals surface area contributed by atoms with Crippen molar-refractivity contribution in [1.82, 2.24) is 4.98 Å². The van der Waals surface area contributed by atoms with Crippen LogP contribution in [0.4, 0.5) is 0 Å². The average molecular weight is 248 g/mol. The molecule has 0 bridgehead atoms. The molecule has 0 atom stereocenters. The summed E-state index contributed by atoms with van der Waals surface area (Å²) in [7, 11) is 0. The monoisotopic (exact) mass is 247 g/mol. The molecular formula is C14H14ClNO. The Morgan fingerprint density at radius 2 is 2.00 bits per heavy atom. The van der Waals surface area contributed by atoms with E-state index in [4.69, 9.17) is 16.3 Å². The molecule has 0 aliphatic rings. The number of aryl methyl sites for hydroxylation is 2. The fraction of sp³-hybridized carbons (Fsp3) is 0.214. The van der Waals surface area contributed by atoms with Gasteiger partial charge in [-0.05, 0) is 43.2 Å². The van der Waals surface area contributed by atoms with Crippen LogP contribution in [0.25, 0.3) is 0 Å². The van der Waals surface area contributed by atoms with Gasteiger partial charge in [-0.1, -0.05) is 29.8 Å². The minimum absolute atomic E-state index is 0.435. The normalized spacial score (nSPS) is 10.3. The molecule has 3 heteroatoms. The molecule has 1 aromatic carbocycles. The van der Waals surface area contributed by atoms with E-state index in [9.17, 15) is 0 Å². The summed E-state index contributed by atoms with van der Waals surface area (Å²) in [5, 5.41) is 0.493. The van der Waals surface area contributed by atoms with E-state index in [1.807, 2.05) is 32.0 Å². The van der Waals surface area contributed by atoms with Gasteiger partial charge < -0.3 is 4.74 Å². The molecule has 88 valence electrons. The lowest BCUT2D eigenvalue weighted by atomic mass is 10.1. The van der Waals surface area contributed by atoms with Gasteiger partial charge in [0.05, 0.1) is 5.69 Å². The van der Waals surface area contributed by atoms with Gasteiger partial charge in [0.1, 0.15) is 17.5 Å². The molecule has 0 aliphatic heterocycles. The SMILES string of the molecule is Cc1ccc(C)c(OCc2cccc(Cl)n2)c1. The Kier molecular flexibility index (Phi) is 3.64. The predicted molar refractivity (Wildman–Crippen MR) is 69.5 cm³/mol. The van der Waals surface area contributed by atoms with Crippen LogP contribution in [0.2, 0.25) is 5.15 Å². The molecule has 2 rings (SSSR count). The summed E-state index contributed by atoms with van der Waals surface area (Å²) in [5.41, 5.74) is 3.14. The van der Waals surface area contributed by atoms with Gasteiger partial charge in [0.15, 0.2) is 0 Å². The van der Waals surface area contributed by atoms with Crippen molar-refractivity contribution in [3.8, 4) is 5.75 Å². The van der Waals surface area contributed by atoms with Gasteiger partial charge in [-0.2, -0.15) is 0 Å². The van der Waals surface area contributed by atoms with Gasteiger partial charge in [0, 0.05) is 0 Å². The molecule has 17 heavy (non-hydrogen) atoms. The highest BCUT2D eigenvalue weighted by molar-refractivity contribution is 6.29. The van der Waals surface area contributed by atoms with Crippen molar-refractivity contribution >= 4 is 11.6 Å². The number of halogens is 1. The maximum atomic E-state index is 5.82. The molecule has 0 fully saturated rings. The second-order valence-corrected chi connectivity index (χ2v) is 4.40. The van der Waals surface area contributed by atoms with Crippen LogP contribution in [0.3, 0.4) is 0 Å². The molecule has 0 saturated carbocycles. The Morgan fingerprint density at radius 1 is 1.18 bits per heavy atom. The largest absolute Gasteiger partial charge is 0.487 e. The molecule has 0 spiro atoms. The van der Waals surface area contributed by atoms with Gasteiger partial charge in [0.2, 0.25) is 0 Å². The highest BCUT2D eigenvalue weighted by Crippen LogP contribution is 2.20. The molecule has 0 N–H and O–H groups in total. The molecule has 1 heterocycles. The van der Waals surface area contributed by atoms with Gasteiger partial charge in [-0.3, -0.25) is 0 Å². The highest BCUT2D eigenvalue weighted by Gasteiger charge is 2.01. The summed E-state index contributed by atoms with van der Waals surface area (Å²) < 4.78 is 5.74. The van der Waals surface area contributed by atoms with Crippen LogP contribution in [-0.2, 0) is 6.61 Å². The first-order valence-corrected chi connectivity index (χ1v) is 5.84. The van der Waals surface area contributed by atoms with E-state index in [2.05, 4.69) is 17.1 Å². The van der Waals surface area contributed by atoms with E-state index in [0.29, 0.717) is 11.8 Å². The zero-order chi connectivity index (χ0) is 12.3. The molecule has 0 unspecified atom stereocenters. The van der Waals surface area contributed by atoms with Crippen LogP contribution in [0.15, 0.2) is 36.4 Å². The lowest BCUT2D eigenvalue weighted by Crippen LogP contribution is -1.99. The van der Waals surface area contributed by atoms with Crippen molar-refractivity contribution in [2.75, 3.05) is 0 Å². The van der Waals surface area contributed by atoms with Crippen molar-refractivity contribution in [1.29, 1.82) is 0 Å². The van der Waals surface area contributed by atoms with Crippen LogP contribution < -0.4 is 4.74 Å². The smallest absolute Gasteiger partial charge is 0.130 e. The molecule has 2 nitrogen and oxygen atoms in total. The summed E-state index contributed by atoms with van der Waals surface area (Å²) >= 11 is 5.82. The van der Waals surface area contributed by atoms with E-state index in [0.717, 1.165) is 17.0 Å². The van der Waals surface area contributed by atoms with E-state index in [-0.39, 0.29) is 0 Å². The van der Waals surface area contributed by atoms with E-state index >= 15 is 0 Å². The van der Waals surface area contributed by atoms with E-state index in [1.54, 1.807) is 6.07 Å². The Bertz CT molecular complexity index is 525. The minimum Gasteiger partial charge on any atom is -0.487 e. The molecule has 0 saturated heterocycles. The van der Waals surface area contributed by atoms with E-state index < -0.39 is 0 Å². The maximum Gasteiger partial charge on any atom is 0.130 e. The van der Waals surface area contributed by atoms with Gasteiger partial charge in [-0.25, -0.2) is 4.98 Å². The molecular weight excluding hydrogens is 234 g/mol. The first-order chi connectivity index (χ1) is 8.15. The number of ether oxygens (including phenoxy) is 1. The first-order valence-electron chi connectivity index (χ1n) is 5.46. The van der Waals surface area contributed by atoms with Gasteiger partial charge in [-0.15, -0.1) is 0 Å². The molecule has 0 amide bonds. The second kappa shape index (κ2) is 5.19. The molecule has 0 aliphatic carbocycles. The summed E-state index contributed by atoms with van der Waals surface area (Å²) in [4.78, 5) is 4.18. The topological polar surface area (TPSA) is 22.1 Å². The van der Waals surface area contributed by atoms with Crippen molar-refractivity contribution < 1.29 is 4.74 Å². The molecule has 0 radical (unpaired) electrons. The third-order valence-corrected chi connectivity index (χ3v) is 2.70. The van der Waals surface area contributed by atoms with Crippen LogP contribution in [-0.4, -0.2) is 4.98 Å². The summed E-state index contributed by atoms with van der Waals surface area (Å²) in [5.74, 6) is 0.895. The molecule has 1 aromatic heterocycles.